The fourth-order valence-electron chi connectivity index (χ4n) is 1.89. The van der Waals surface area contributed by atoms with Crippen molar-refractivity contribution in [1.82, 2.24) is 4.90 Å². The van der Waals surface area contributed by atoms with Crippen molar-refractivity contribution >= 4 is 5.96 Å². The van der Waals surface area contributed by atoms with E-state index in [1.54, 1.807) is 11.9 Å². The number of rotatable bonds is 1. The summed E-state index contributed by atoms with van der Waals surface area (Å²) in [6.07, 6.45) is 0. The van der Waals surface area contributed by atoms with E-state index in [9.17, 15) is 8.78 Å². The lowest BCUT2D eigenvalue weighted by Crippen LogP contribution is -2.45. The van der Waals surface area contributed by atoms with E-state index in [1.165, 1.54) is 12.1 Å². The first-order valence-electron chi connectivity index (χ1n) is 4.94. The maximum atomic E-state index is 13.7. The first-order valence-corrected chi connectivity index (χ1v) is 4.94. The summed E-state index contributed by atoms with van der Waals surface area (Å²) in [6.45, 7) is 2.20. The standard InChI is InChI=1S/C11H13F2N3/c1-11(6-15-10(14)16(11)2)8-4-3-7(12)5-9(8)13/h3-5H,6H2,1-2H3,(H2,14,15). The van der Waals surface area contributed by atoms with Gasteiger partial charge in [-0.15, -0.1) is 0 Å². The van der Waals surface area contributed by atoms with Gasteiger partial charge in [0, 0.05) is 18.7 Å². The van der Waals surface area contributed by atoms with Gasteiger partial charge in [0.15, 0.2) is 5.96 Å². The molecule has 16 heavy (non-hydrogen) atoms. The lowest BCUT2D eigenvalue weighted by molar-refractivity contribution is 0.258. The Morgan fingerprint density at radius 1 is 1.44 bits per heavy atom. The molecule has 1 heterocycles. The van der Waals surface area contributed by atoms with Crippen molar-refractivity contribution in [1.29, 1.82) is 0 Å². The molecule has 1 unspecified atom stereocenters. The molecule has 0 fully saturated rings. The third kappa shape index (κ3) is 1.43. The van der Waals surface area contributed by atoms with Gasteiger partial charge in [-0.2, -0.15) is 0 Å². The van der Waals surface area contributed by atoms with Crippen molar-refractivity contribution in [3.8, 4) is 0 Å². The number of aliphatic imine (C=N–C) groups is 1. The quantitative estimate of drug-likeness (QED) is 0.785. The molecule has 0 radical (unpaired) electrons. The molecule has 5 heteroatoms. The van der Waals surface area contributed by atoms with Gasteiger partial charge in [-0.05, 0) is 13.0 Å². The molecule has 86 valence electrons. The van der Waals surface area contributed by atoms with Gasteiger partial charge in [0.25, 0.3) is 0 Å². The highest BCUT2D eigenvalue weighted by Gasteiger charge is 2.39. The highest BCUT2D eigenvalue weighted by Crippen LogP contribution is 2.32. The Morgan fingerprint density at radius 2 is 2.12 bits per heavy atom. The third-order valence-corrected chi connectivity index (χ3v) is 3.14. The molecular weight excluding hydrogens is 212 g/mol. The number of halogens is 2. The minimum Gasteiger partial charge on any atom is -0.370 e. The van der Waals surface area contributed by atoms with E-state index in [4.69, 9.17) is 5.73 Å². The number of guanidine groups is 1. The van der Waals surface area contributed by atoms with Gasteiger partial charge in [0.1, 0.15) is 11.6 Å². The SMILES string of the molecule is CN1C(N)=NCC1(C)c1ccc(F)cc1F. The van der Waals surface area contributed by atoms with Crippen molar-refractivity contribution < 1.29 is 8.78 Å². The molecular formula is C11H13F2N3. The fourth-order valence-corrected chi connectivity index (χ4v) is 1.89. The van der Waals surface area contributed by atoms with Gasteiger partial charge in [-0.1, -0.05) is 6.07 Å². The van der Waals surface area contributed by atoms with Gasteiger partial charge >= 0.3 is 0 Å². The summed E-state index contributed by atoms with van der Waals surface area (Å²) < 4.78 is 26.5. The van der Waals surface area contributed by atoms with E-state index in [-0.39, 0.29) is 0 Å². The van der Waals surface area contributed by atoms with Crippen molar-refractivity contribution in [2.75, 3.05) is 13.6 Å². The van der Waals surface area contributed by atoms with Crippen LogP contribution in [-0.2, 0) is 5.54 Å². The average molecular weight is 225 g/mol. The second-order valence-corrected chi connectivity index (χ2v) is 4.13. The minimum atomic E-state index is -0.637. The highest BCUT2D eigenvalue weighted by molar-refractivity contribution is 5.81. The summed E-state index contributed by atoms with van der Waals surface area (Å²) in [7, 11) is 1.74. The summed E-state index contributed by atoms with van der Waals surface area (Å²) >= 11 is 0. The Morgan fingerprint density at radius 3 is 2.62 bits per heavy atom. The molecule has 0 aliphatic carbocycles. The molecule has 1 aromatic carbocycles. The molecule has 3 nitrogen and oxygen atoms in total. The van der Waals surface area contributed by atoms with Crippen LogP contribution in [0.5, 0.6) is 0 Å². The number of hydrogen-bond donors (Lipinski definition) is 1. The maximum absolute atomic E-state index is 13.7. The van der Waals surface area contributed by atoms with Gasteiger partial charge in [0.05, 0.1) is 12.1 Å². The van der Waals surface area contributed by atoms with Crippen LogP contribution in [0.1, 0.15) is 12.5 Å². The lowest BCUT2D eigenvalue weighted by atomic mass is 9.91. The Balaban J connectivity index is 2.45. The molecule has 1 aliphatic rings. The molecule has 0 bridgehead atoms. The molecule has 1 aliphatic heterocycles. The number of nitrogens with zero attached hydrogens (tertiary/aromatic N) is 2. The van der Waals surface area contributed by atoms with Crippen molar-refractivity contribution in [2.24, 2.45) is 10.7 Å². The van der Waals surface area contributed by atoms with Gasteiger partial charge in [0.2, 0.25) is 0 Å². The molecule has 2 rings (SSSR count). The summed E-state index contributed by atoms with van der Waals surface area (Å²) in [5, 5.41) is 0. The zero-order valence-corrected chi connectivity index (χ0v) is 9.17. The molecule has 1 atom stereocenters. The summed E-state index contributed by atoms with van der Waals surface area (Å²) in [5.74, 6) is -0.787. The highest BCUT2D eigenvalue weighted by atomic mass is 19.1. The van der Waals surface area contributed by atoms with Crippen molar-refractivity contribution in [2.45, 2.75) is 12.5 Å². The number of likely N-dealkylation sites (N-methyl/N-ethyl adjacent to an activating group) is 1. The Kier molecular flexibility index (Phi) is 2.33. The van der Waals surface area contributed by atoms with Crippen LogP contribution in [0.25, 0.3) is 0 Å². The van der Waals surface area contributed by atoms with E-state index < -0.39 is 17.2 Å². The topological polar surface area (TPSA) is 41.6 Å². The molecule has 0 aromatic heterocycles. The predicted octanol–water partition coefficient (Wildman–Crippen LogP) is 1.44. The number of benzene rings is 1. The normalized spacial score (nSPS) is 24.8. The maximum Gasteiger partial charge on any atom is 0.191 e. The largest absolute Gasteiger partial charge is 0.370 e. The fraction of sp³-hybridized carbons (Fsp3) is 0.364. The monoisotopic (exact) mass is 225 g/mol. The van der Waals surface area contributed by atoms with Crippen LogP contribution >= 0.6 is 0 Å². The summed E-state index contributed by atoms with van der Waals surface area (Å²) in [5.41, 5.74) is 5.42. The molecule has 0 saturated heterocycles. The summed E-state index contributed by atoms with van der Waals surface area (Å²) in [6, 6.07) is 3.56. The van der Waals surface area contributed by atoms with Crippen LogP contribution in [0.3, 0.4) is 0 Å². The Bertz CT molecular complexity index is 459. The smallest absolute Gasteiger partial charge is 0.191 e. The van der Waals surface area contributed by atoms with Crippen molar-refractivity contribution in [3.63, 3.8) is 0 Å². The second-order valence-electron chi connectivity index (χ2n) is 4.13. The first-order chi connectivity index (χ1) is 7.45. The zero-order valence-electron chi connectivity index (χ0n) is 9.17. The van der Waals surface area contributed by atoms with Crippen LogP contribution in [-0.4, -0.2) is 24.5 Å². The lowest BCUT2D eigenvalue weighted by Gasteiger charge is -2.33. The van der Waals surface area contributed by atoms with Gasteiger partial charge in [-0.25, -0.2) is 8.78 Å². The molecule has 0 spiro atoms. The Labute approximate surface area is 92.6 Å². The van der Waals surface area contributed by atoms with E-state index in [1.807, 2.05) is 6.92 Å². The van der Waals surface area contributed by atoms with Crippen LogP contribution in [0, 0.1) is 11.6 Å². The van der Waals surface area contributed by atoms with E-state index in [2.05, 4.69) is 4.99 Å². The van der Waals surface area contributed by atoms with Crippen molar-refractivity contribution in [3.05, 3.63) is 35.4 Å². The van der Waals surface area contributed by atoms with Gasteiger partial charge in [-0.3, -0.25) is 4.99 Å². The number of nitrogens with two attached hydrogens (primary N) is 1. The summed E-state index contributed by atoms with van der Waals surface area (Å²) in [4.78, 5) is 5.77. The zero-order chi connectivity index (χ0) is 11.9. The Hall–Kier alpha value is -1.65. The van der Waals surface area contributed by atoms with Crippen LogP contribution in [0.2, 0.25) is 0 Å². The molecule has 0 amide bonds. The second kappa shape index (κ2) is 3.43. The molecule has 2 N–H and O–H groups in total. The van der Waals surface area contributed by atoms with Crippen LogP contribution in [0.4, 0.5) is 8.78 Å². The first kappa shape index (κ1) is 10.9. The third-order valence-electron chi connectivity index (χ3n) is 3.14. The minimum absolute atomic E-state index is 0.367. The van der Waals surface area contributed by atoms with E-state index in [0.717, 1.165) is 6.07 Å². The number of hydrogen-bond acceptors (Lipinski definition) is 3. The average Bonchev–Trinajstić information content (AvgIpc) is 2.47. The van der Waals surface area contributed by atoms with E-state index in [0.29, 0.717) is 18.1 Å². The van der Waals surface area contributed by atoms with Crippen LogP contribution < -0.4 is 5.73 Å². The van der Waals surface area contributed by atoms with E-state index >= 15 is 0 Å². The van der Waals surface area contributed by atoms with Gasteiger partial charge < -0.3 is 10.6 Å². The molecule has 0 saturated carbocycles. The predicted molar refractivity (Wildman–Crippen MR) is 58.0 cm³/mol. The molecule has 1 aromatic rings. The van der Waals surface area contributed by atoms with Crippen LogP contribution in [0.15, 0.2) is 23.2 Å².